The molecule has 0 radical (unpaired) electrons. The van der Waals surface area contributed by atoms with Crippen molar-refractivity contribution in [2.45, 2.75) is 19.0 Å². The van der Waals surface area contributed by atoms with E-state index in [-0.39, 0.29) is 5.78 Å². The Hall–Kier alpha value is -2.77. The zero-order valence-corrected chi connectivity index (χ0v) is 17.0. The number of imidazole rings is 1. The highest BCUT2D eigenvalue weighted by Crippen LogP contribution is 2.39. The summed E-state index contributed by atoms with van der Waals surface area (Å²) in [6, 6.07) is 9.78. The van der Waals surface area contributed by atoms with Gasteiger partial charge in [0.1, 0.15) is 5.92 Å². The third-order valence-electron chi connectivity index (χ3n) is 5.04. The minimum Gasteiger partial charge on any atom is -0.337 e. The van der Waals surface area contributed by atoms with Crippen molar-refractivity contribution in [3.63, 3.8) is 0 Å². The van der Waals surface area contributed by atoms with E-state index in [2.05, 4.69) is 4.98 Å². The quantitative estimate of drug-likeness (QED) is 0.328. The molecule has 0 saturated carbocycles. The standard InChI is InChI=1S/C21H18ClN3O3S/c22-15-6-4-14(5-7-15)18-17(19(26)16-3-1-12-29-16)20(27)21(28)25(18)10-2-9-24-11-8-23-13-24/h1,3-8,11-13,17-18H,2,9-10H2. The molecule has 1 amide bonds. The lowest BCUT2D eigenvalue weighted by Crippen LogP contribution is -2.32. The number of likely N-dealkylation sites (tertiary alicyclic amines) is 1. The van der Waals surface area contributed by atoms with Crippen molar-refractivity contribution < 1.29 is 14.4 Å². The molecule has 0 aliphatic carbocycles. The van der Waals surface area contributed by atoms with E-state index in [0.717, 1.165) is 5.56 Å². The van der Waals surface area contributed by atoms with Gasteiger partial charge in [0.15, 0.2) is 5.78 Å². The number of aromatic nitrogens is 2. The van der Waals surface area contributed by atoms with Gasteiger partial charge in [-0.05, 0) is 35.6 Å². The Morgan fingerprint density at radius 2 is 1.93 bits per heavy atom. The maximum atomic E-state index is 13.1. The Bertz CT molecular complexity index is 1020. The predicted molar refractivity (Wildman–Crippen MR) is 110 cm³/mol. The van der Waals surface area contributed by atoms with Crippen molar-refractivity contribution in [2.24, 2.45) is 5.92 Å². The van der Waals surface area contributed by atoms with Gasteiger partial charge in [-0.15, -0.1) is 11.3 Å². The summed E-state index contributed by atoms with van der Waals surface area (Å²) in [5, 5.41) is 2.34. The van der Waals surface area contributed by atoms with Crippen molar-refractivity contribution in [2.75, 3.05) is 6.54 Å². The number of amides is 1. The molecule has 1 aliphatic rings. The van der Waals surface area contributed by atoms with Crippen LogP contribution in [0.25, 0.3) is 0 Å². The average Bonchev–Trinajstić information content (AvgIpc) is 3.47. The lowest BCUT2D eigenvalue weighted by Gasteiger charge is -2.27. The summed E-state index contributed by atoms with van der Waals surface area (Å²) in [5.41, 5.74) is 0.728. The fraction of sp³-hybridized carbons (Fsp3) is 0.238. The molecule has 6 nitrogen and oxygen atoms in total. The molecule has 0 N–H and O–H groups in total. The van der Waals surface area contributed by atoms with Crippen LogP contribution in [0.3, 0.4) is 0 Å². The van der Waals surface area contributed by atoms with E-state index in [1.165, 1.54) is 16.2 Å². The van der Waals surface area contributed by atoms with Gasteiger partial charge in [0.05, 0.1) is 17.2 Å². The number of benzene rings is 1. The second-order valence-electron chi connectivity index (χ2n) is 6.83. The Labute approximate surface area is 176 Å². The summed E-state index contributed by atoms with van der Waals surface area (Å²) < 4.78 is 1.91. The normalized spacial score (nSPS) is 19.1. The maximum absolute atomic E-state index is 13.1. The molecule has 1 aliphatic heterocycles. The third-order valence-corrected chi connectivity index (χ3v) is 6.17. The molecule has 2 unspecified atom stereocenters. The number of ketones is 2. The Morgan fingerprint density at radius 1 is 1.14 bits per heavy atom. The van der Waals surface area contributed by atoms with Crippen LogP contribution < -0.4 is 0 Å². The molecule has 1 aromatic carbocycles. The molecule has 29 heavy (non-hydrogen) atoms. The molecule has 2 atom stereocenters. The summed E-state index contributed by atoms with van der Waals surface area (Å²) >= 11 is 7.29. The highest BCUT2D eigenvalue weighted by Gasteiger charge is 2.51. The van der Waals surface area contributed by atoms with E-state index < -0.39 is 23.7 Å². The highest BCUT2D eigenvalue weighted by molar-refractivity contribution is 7.12. The summed E-state index contributed by atoms with van der Waals surface area (Å²) in [4.78, 5) is 44.8. The van der Waals surface area contributed by atoms with Gasteiger partial charge >= 0.3 is 0 Å². The lowest BCUT2D eigenvalue weighted by molar-refractivity contribution is -0.140. The van der Waals surface area contributed by atoms with E-state index in [9.17, 15) is 14.4 Å². The third kappa shape index (κ3) is 3.88. The summed E-state index contributed by atoms with van der Waals surface area (Å²) in [7, 11) is 0. The molecule has 1 fully saturated rings. The van der Waals surface area contributed by atoms with Crippen molar-refractivity contribution in [1.82, 2.24) is 14.5 Å². The van der Waals surface area contributed by atoms with Gasteiger partial charge in [-0.25, -0.2) is 4.98 Å². The van der Waals surface area contributed by atoms with E-state index in [4.69, 9.17) is 11.6 Å². The Morgan fingerprint density at radius 3 is 2.59 bits per heavy atom. The van der Waals surface area contributed by atoms with Gasteiger partial charge in [0.2, 0.25) is 5.78 Å². The zero-order chi connectivity index (χ0) is 20.4. The molecular weight excluding hydrogens is 410 g/mol. The number of nitrogens with zero attached hydrogens (tertiary/aromatic N) is 3. The largest absolute Gasteiger partial charge is 0.337 e. The fourth-order valence-corrected chi connectivity index (χ4v) is 4.50. The minimum atomic E-state index is -1.05. The number of Topliss-reactive ketones (excluding diaryl/α,β-unsaturated/α-hetero) is 2. The van der Waals surface area contributed by atoms with Crippen LogP contribution in [0.1, 0.15) is 27.7 Å². The van der Waals surface area contributed by atoms with Crippen LogP contribution in [0, 0.1) is 5.92 Å². The Kier molecular flexibility index (Phi) is 5.60. The second-order valence-corrected chi connectivity index (χ2v) is 8.22. The van der Waals surface area contributed by atoms with E-state index >= 15 is 0 Å². The van der Waals surface area contributed by atoms with Crippen LogP contribution in [0.2, 0.25) is 5.02 Å². The number of aryl methyl sites for hydroxylation is 1. The summed E-state index contributed by atoms with van der Waals surface area (Å²) in [6.07, 6.45) is 5.88. The van der Waals surface area contributed by atoms with Crippen molar-refractivity contribution in [3.05, 3.63) is 76.0 Å². The lowest BCUT2D eigenvalue weighted by atomic mass is 9.88. The molecule has 148 valence electrons. The number of thiophene rings is 1. The molecule has 0 bridgehead atoms. The highest BCUT2D eigenvalue weighted by atomic mass is 35.5. The van der Waals surface area contributed by atoms with Crippen molar-refractivity contribution >= 4 is 40.4 Å². The molecule has 3 aromatic rings. The smallest absolute Gasteiger partial charge is 0.291 e. The topological polar surface area (TPSA) is 72.3 Å². The average molecular weight is 428 g/mol. The van der Waals surface area contributed by atoms with Gasteiger partial charge in [0.25, 0.3) is 5.91 Å². The second kappa shape index (κ2) is 8.31. The van der Waals surface area contributed by atoms with Crippen LogP contribution in [-0.2, 0) is 16.1 Å². The number of hydrogen-bond donors (Lipinski definition) is 0. The first-order valence-corrected chi connectivity index (χ1v) is 10.5. The first-order chi connectivity index (χ1) is 14.1. The number of rotatable bonds is 7. The van der Waals surface area contributed by atoms with E-state index in [0.29, 0.717) is 29.4 Å². The minimum absolute atomic E-state index is 0.310. The molecule has 3 heterocycles. The Balaban J connectivity index is 1.64. The number of hydrogen-bond acceptors (Lipinski definition) is 5. The van der Waals surface area contributed by atoms with E-state index in [1.807, 2.05) is 10.8 Å². The first kappa shape index (κ1) is 19.5. The maximum Gasteiger partial charge on any atom is 0.291 e. The molecule has 4 rings (SSSR count). The van der Waals surface area contributed by atoms with Gasteiger partial charge in [-0.2, -0.15) is 0 Å². The number of carbonyl (C=O) groups excluding carboxylic acids is 3. The SMILES string of the molecule is O=C1C(=O)N(CCCn2ccnc2)C(c2ccc(Cl)cc2)C1C(=O)c1cccs1. The van der Waals surface area contributed by atoms with Crippen molar-refractivity contribution in [1.29, 1.82) is 0 Å². The molecular formula is C21H18ClN3O3S. The van der Waals surface area contributed by atoms with Gasteiger partial charge in [-0.3, -0.25) is 14.4 Å². The van der Waals surface area contributed by atoms with Crippen LogP contribution in [0.4, 0.5) is 0 Å². The first-order valence-electron chi connectivity index (χ1n) is 9.20. The molecule has 1 saturated heterocycles. The zero-order valence-electron chi connectivity index (χ0n) is 15.4. The van der Waals surface area contributed by atoms with Crippen molar-refractivity contribution in [3.8, 4) is 0 Å². The van der Waals surface area contributed by atoms with Crippen LogP contribution in [0.5, 0.6) is 0 Å². The molecule has 2 aromatic heterocycles. The van der Waals surface area contributed by atoms with Crippen LogP contribution in [0.15, 0.2) is 60.5 Å². The van der Waals surface area contributed by atoms with Crippen LogP contribution >= 0.6 is 22.9 Å². The summed E-state index contributed by atoms with van der Waals surface area (Å²) in [6.45, 7) is 1.03. The molecule has 8 heteroatoms. The predicted octanol–water partition coefficient (Wildman–Crippen LogP) is 3.64. The number of halogens is 1. The van der Waals surface area contributed by atoms with Gasteiger partial charge in [0, 0.05) is 30.5 Å². The van der Waals surface area contributed by atoms with Gasteiger partial charge in [-0.1, -0.05) is 29.8 Å². The van der Waals surface area contributed by atoms with Crippen LogP contribution in [-0.4, -0.2) is 38.5 Å². The monoisotopic (exact) mass is 427 g/mol. The van der Waals surface area contributed by atoms with E-state index in [1.54, 1.807) is 54.3 Å². The number of carbonyl (C=O) groups is 3. The molecule has 0 spiro atoms. The van der Waals surface area contributed by atoms with Gasteiger partial charge < -0.3 is 9.47 Å². The fourth-order valence-electron chi connectivity index (χ4n) is 3.67. The summed E-state index contributed by atoms with van der Waals surface area (Å²) in [5.74, 6) is -2.61.